The molecule has 1 heterocycles. The highest BCUT2D eigenvalue weighted by atomic mass is 32.2. The van der Waals surface area contributed by atoms with Crippen LogP contribution in [-0.4, -0.2) is 101 Å². The summed E-state index contributed by atoms with van der Waals surface area (Å²) in [4.78, 5) is 94.0. The first-order valence-corrected chi connectivity index (χ1v) is 16.0. The van der Waals surface area contributed by atoms with Crippen molar-refractivity contribution in [3.8, 4) is 0 Å². The van der Waals surface area contributed by atoms with Crippen LogP contribution in [0.1, 0.15) is 53.2 Å². The molecule has 16 nitrogen and oxygen atoms in total. The van der Waals surface area contributed by atoms with Gasteiger partial charge in [0.25, 0.3) is 0 Å². The molecule has 1 aromatic rings. The number of nitrogens with zero attached hydrogens (tertiary/aromatic N) is 1. The third-order valence-corrected chi connectivity index (χ3v) is 7.27. The van der Waals surface area contributed by atoms with Crippen LogP contribution in [0.2, 0.25) is 0 Å². The second-order valence-electron chi connectivity index (χ2n) is 11.3. The number of aromatic nitrogens is 2. The molecule has 5 atom stereocenters. The zero-order valence-corrected chi connectivity index (χ0v) is 27.4. The minimum atomic E-state index is -1.17. The summed E-state index contributed by atoms with van der Waals surface area (Å²) in [6, 6.07) is -4.98. The number of carbonyl (C=O) groups excluding carboxylic acids is 7. The molecule has 0 aliphatic rings. The smallest absolute Gasteiger partial charge is 0.243 e. The second-order valence-corrected chi connectivity index (χ2v) is 12.3. The van der Waals surface area contributed by atoms with Gasteiger partial charge in [-0.1, -0.05) is 27.7 Å². The lowest BCUT2D eigenvalue weighted by Gasteiger charge is -2.26. The lowest BCUT2D eigenvalue weighted by Crippen LogP contribution is -2.58. The fourth-order valence-electron chi connectivity index (χ4n) is 4.11. The third kappa shape index (κ3) is 14.5. The number of amides is 7. The molecule has 0 spiro atoms. The molecule has 9 N–H and O–H groups in total. The van der Waals surface area contributed by atoms with Crippen molar-refractivity contribution in [3.63, 3.8) is 0 Å². The summed E-state index contributed by atoms with van der Waals surface area (Å²) in [5.41, 5.74) is 5.99. The number of rotatable bonds is 21. The van der Waals surface area contributed by atoms with Crippen molar-refractivity contribution < 1.29 is 33.6 Å². The molecule has 0 unspecified atom stereocenters. The van der Waals surface area contributed by atoms with Crippen molar-refractivity contribution in [1.29, 1.82) is 0 Å². The lowest BCUT2D eigenvalue weighted by molar-refractivity contribution is -0.134. The summed E-state index contributed by atoms with van der Waals surface area (Å²) in [5, 5.41) is 15.2. The van der Waals surface area contributed by atoms with E-state index in [1.165, 1.54) is 31.2 Å². The largest absolute Gasteiger partial charge is 0.368 e. The molecule has 1 rings (SSSR count). The Kier molecular flexibility index (Phi) is 17.3. The van der Waals surface area contributed by atoms with Gasteiger partial charge < -0.3 is 42.6 Å². The molecule has 1 aromatic heterocycles. The predicted molar refractivity (Wildman–Crippen MR) is 168 cm³/mol. The van der Waals surface area contributed by atoms with Crippen LogP contribution in [-0.2, 0) is 40.0 Å². The number of primary amides is 1. The van der Waals surface area contributed by atoms with Crippen LogP contribution in [0.25, 0.3) is 0 Å². The van der Waals surface area contributed by atoms with E-state index in [-0.39, 0.29) is 24.7 Å². The Morgan fingerprint density at radius 3 is 2.09 bits per heavy atom. The molecular weight excluding hydrogens is 606 g/mol. The number of hydrogen-bond donors (Lipinski definition) is 8. The molecule has 45 heavy (non-hydrogen) atoms. The summed E-state index contributed by atoms with van der Waals surface area (Å²) in [5.74, 6) is -3.64. The van der Waals surface area contributed by atoms with Crippen LogP contribution in [0, 0.1) is 11.8 Å². The quantitative estimate of drug-likeness (QED) is 0.0688. The van der Waals surface area contributed by atoms with E-state index in [4.69, 9.17) is 5.73 Å². The molecule has 0 fully saturated rings. The minimum Gasteiger partial charge on any atom is -0.368 e. The topological polar surface area (TPSA) is 246 Å². The molecule has 0 saturated heterocycles. The molecule has 0 aromatic carbocycles. The van der Waals surface area contributed by atoms with Crippen molar-refractivity contribution in [2.75, 3.05) is 18.6 Å². The van der Waals surface area contributed by atoms with Crippen LogP contribution in [0.5, 0.6) is 0 Å². The monoisotopic (exact) mass is 653 g/mol. The maximum absolute atomic E-state index is 13.5. The zero-order valence-electron chi connectivity index (χ0n) is 26.6. The van der Waals surface area contributed by atoms with Gasteiger partial charge in [-0.05, 0) is 43.6 Å². The summed E-state index contributed by atoms with van der Waals surface area (Å²) < 4.78 is 0. The Morgan fingerprint density at radius 2 is 1.56 bits per heavy atom. The first kappa shape index (κ1) is 38.9. The Hall–Kier alpha value is -4.15. The van der Waals surface area contributed by atoms with Crippen molar-refractivity contribution in [2.45, 2.75) is 84.1 Å². The summed E-state index contributed by atoms with van der Waals surface area (Å²) in [6.07, 6.45) is 5.68. The second kappa shape index (κ2) is 20.0. The van der Waals surface area contributed by atoms with Crippen molar-refractivity contribution in [1.82, 2.24) is 41.9 Å². The first-order chi connectivity index (χ1) is 21.2. The van der Waals surface area contributed by atoms with Gasteiger partial charge in [0, 0.05) is 18.3 Å². The number of nitrogens with two attached hydrogens (primary N) is 1. The van der Waals surface area contributed by atoms with Crippen LogP contribution in [0.3, 0.4) is 0 Å². The normalized spacial score (nSPS) is 14.3. The van der Waals surface area contributed by atoms with E-state index in [2.05, 4.69) is 41.9 Å². The Balaban J connectivity index is 3.01. The van der Waals surface area contributed by atoms with Gasteiger partial charge in [-0.3, -0.25) is 33.6 Å². The van der Waals surface area contributed by atoms with Gasteiger partial charge >= 0.3 is 0 Å². The minimum absolute atomic E-state index is 0.00846. The highest BCUT2D eigenvalue weighted by molar-refractivity contribution is 7.98. The van der Waals surface area contributed by atoms with Gasteiger partial charge in [-0.15, -0.1) is 0 Å². The maximum Gasteiger partial charge on any atom is 0.243 e. The highest BCUT2D eigenvalue weighted by Gasteiger charge is 2.31. The van der Waals surface area contributed by atoms with Gasteiger partial charge in [-0.25, -0.2) is 4.98 Å². The van der Waals surface area contributed by atoms with E-state index < -0.39 is 72.2 Å². The fourth-order valence-corrected chi connectivity index (χ4v) is 4.58. The number of H-pyrrole nitrogens is 1. The first-order valence-electron chi connectivity index (χ1n) is 14.6. The fraction of sp³-hybridized carbons (Fsp3) is 0.643. The van der Waals surface area contributed by atoms with E-state index in [1.54, 1.807) is 13.8 Å². The maximum atomic E-state index is 13.5. The molecule has 0 aliphatic carbocycles. The van der Waals surface area contributed by atoms with Crippen LogP contribution in [0.15, 0.2) is 12.5 Å². The molecule has 17 heteroatoms. The van der Waals surface area contributed by atoms with E-state index in [0.717, 1.165) is 0 Å². The molecule has 252 valence electrons. The summed E-state index contributed by atoms with van der Waals surface area (Å²) in [6.45, 7) is 8.07. The number of hydrogen-bond acceptors (Lipinski definition) is 9. The molecular formula is C28H47N9O7S. The van der Waals surface area contributed by atoms with Gasteiger partial charge in [0.15, 0.2) is 0 Å². The van der Waals surface area contributed by atoms with Crippen LogP contribution < -0.4 is 37.6 Å². The van der Waals surface area contributed by atoms with E-state index >= 15 is 0 Å². The van der Waals surface area contributed by atoms with Gasteiger partial charge in [0.2, 0.25) is 41.9 Å². The third-order valence-electron chi connectivity index (χ3n) is 6.62. The van der Waals surface area contributed by atoms with Gasteiger partial charge in [0.05, 0.1) is 12.9 Å². The lowest BCUT2D eigenvalue weighted by atomic mass is 10.0. The molecule has 0 radical (unpaired) electrons. The Labute approximate surface area is 267 Å². The average molecular weight is 654 g/mol. The average Bonchev–Trinajstić information content (AvgIpc) is 3.48. The van der Waals surface area contributed by atoms with Crippen molar-refractivity contribution >= 4 is 53.6 Å². The Bertz CT molecular complexity index is 1150. The Morgan fingerprint density at radius 1 is 0.911 bits per heavy atom. The zero-order chi connectivity index (χ0) is 34.1. The number of nitrogens with one attached hydrogen (secondary N) is 7. The molecule has 0 bridgehead atoms. The number of carbonyl (C=O) groups is 7. The predicted octanol–water partition coefficient (Wildman–Crippen LogP) is -1.92. The van der Waals surface area contributed by atoms with Gasteiger partial charge in [-0.2, -0.15) is 11.8 Å². The van der Waals surface area contributed by atoms with Crippen LogP contribution in [0.4, 0.5) is 0 Å². The van der Waals surface area contributed by atoms with E-state index in [0.29, 0.717) is 24.3 Å². The number of aromatic amines is 1. The standard InChI is InChI=1S/C28H47N9O7S/c1-15(2)9-20(26(42)35-19(24(29)40)7-8-45-6)36-27(43)21(10-18-11-30-13-32-18)34-22(39)12-31-28(44)23(16(3)4)37-25(41)17(5)33-14-38/h11,13-17,19-21,23H,7-10,12H2,1-6H3,(H2,29,40)(H,30,32)(H,31,44)(H,33,38)(H,34,39)(H,35,42)(H,36,43)(H,37,41)/t17-,19-,20-,21-,23-/m0/s1. The SMILES string of the molecule is CSCC[C@H](NC(=O)[C@H](CC(C)C)NC(=O)[C@H](Cc1cnc[nH]1)NC(=O)CNC(=O)[C@@H](NC(=O)[C@H](C)NC=O)C(C)C)C(N)=O. The van der Waals surface area contributed by atoms with E-state index in [9.17, 15) is 33.6 Å². The van der Waals surface area contributed by atoms with Crippen LogP contribution >= 0.6 is 11.8 Å². The summed E-state index contributed by atoms with van der Waals surface area (Å²) >= 11 is 1.49. The van der Waals surface area contributed by atoms with Crippen molar-refractivity contribution in [2.24, 2.45) is 17.6 Å². The summed E-state index contributed by atoms with van der Waals surface area (Å²) in [7, 11) is 0. The molecule has 0 saturated carbocycles. The van der Waals surface area contributed by atoms with Gasteiger partial charge in [0.1, 0.15) is 30.2 Å². The molecule has 7 amide bonds. The van der Waals surface area contributed by atoms with E-state index in [1.807, 2.05) is 20.1 Å². The molecule has 0 aliphatic heterocycles. The van der Waals surface area contributed by atoms with Crippen molar-refractivity contribution in [3.05, 3.63) is 18.2 Å². The number of thioether (sulfide) groups is 1. The highest BCUT2D eigenvalue weighted by Crippen LogP contribution is 2.09. The number of imidazole rings is 1.